The maximum Gasteiger partial charge on any atom is 0.0300 e. The third-order valence-electron chi connectivity index (χ3n) is 3.70. The van der Waals surface area contributed by atoms with E-state index in [1.165, 1.54) is 22.6 Å². The van der Waals surface area contributed by atoms with Crippen LogP contribution in [0.1, 0.15) is 36.4 Å². The molecule has 2 nitrogen and oxygen atoms in total. The normalized spacial score (nSPS) is 13.5. The Hall–Kier alpha value is -0.380. The highest BCUT2D eigenvalue weighted by atomic mass is 32.1. The van der Waals surface area contributed by atoms with Gasteiger partial charge in [-0.25, -0.2) is 0 Å². The molecule has 0 saturated carbocycles. The van der Waals surface area contributed by atoms with Gasteiger partial charge in [0.25, 0.3) is 0 Å². The van der Waals surface area contributed by atoms with Crippen LogP contribution in [0.3, 0.4) is 0 Å². The molecule has 1 N–H and O–H groups in total. The van der Waals surface area contributed by atoms with Crippen LogP contribution >= 0.6 is 11.3 Å². The van der Waals surface area contributed by atoms with E-state index in [0.29, 0.717) is 6.04 Å². The van der Waals surface area contributed by atoms with Crippen molar-refractivity contribution in [2.75, 3.05) is 20.6 Å². The average molecular weight is 268 g/mol. The molecule has 1 rings (SSSR count). The van der Waals surface area contributed by atoms with E-state index in [0.717, 1.165) is 19.0 Å². The summed E-state index contributed by atoms with van der Waals surface area (Å²) >= 11 is 1.89. The molecule has 1 aromatic heterocycles. The molecule has 0 aromatic carbocycles. The molecule has 0 fully saturated rings. The van der Waals surface area contributed by atoms with E-state index in [4.69, 9.17) is 0 Å². The highest BCUT2D eigenvalue weighted by Gasteiger charge is 2.19. The molecule has 0 aliphatic rings. The predicted molar refractivity (Wildman–Crippen MR) is 82.3 cm³/mol. The fourth-order valence-electron chi connectivity index (χ4n) is 2.53. The first-order valence-corrected chi connectivity index (χ1v) is 7.82. The predicted octanol–water partition coefficient (Wildman–Crippen LogP) is 3.51. The number of aryl methyl sites for hydroxylation is 1. The molecule has 0 aliphatic carbocycles. The van der Waals surface area contributed by atoms with Crippen molar-refractivity contribution in [1.29, 1.82) is 0 Å². The van der Waals surface area contributed by atoms with Crippen molar-refractivity contribution in [2.24, 2.45) is 5.92 Å². The van der Waals surface area contributed by atoms with Gasteiger partial charge in [0.2, 0.25) is 0 Å². The van der Waals surface area contributed by atoms with Gasteiger partial charge in [-0.15, -0.1) is 11.3 Å². The molecule has 1 unspecified atom stereocenters. The molecule has 0 spiro atoms. The number of likely N-dealkylation sites (N-methyl/N-ethyl adjacent to an activating group) is 1. The summed E-state index contributed by atoms with van der Waals surface area (Å²) < 4.78 is 0. The third kappa shape index (κ3) is 4.71. The highest BCUT2D eigenvalue weighted by molar-refractivity contribution is 7.11. The molecule has 1 atom stereocenters. The van der Waals surface area contributed by atoms with Gasteiger partial charge in [0, 0.05) is 28.9 Å². The Labute approximate surface area is 116 Å². The molecular weight excluding hydrogens is 240 g/mol. The summed E-state index contributed by atoms with van der Waals surface area (Å²) in [5.74, 6) is 0.789. The van der Waals surface area contributed by atoms with Crippen LogP contribution in [0.2, 0.25) is 0 Å². The lowest BCUT2D eigenvalue weighted by Gasteiger charge is -2.31. The topological polar surface area (TPSA) is 15.3 Å². The summed E-state index contributed by atoms with van der Waals surface area (Å²) in [6, 6.07) is 5.07. The number of hydrogen-bond acceptors (Lipinski definition) is 3. The van der Waals surface area contributed by atoms with Gasteiger partial charge < -0.3 is 10.2 Å². The minimum Gasteiger partial charge on any atom is -0.310 e. The molecule has 104 valence electrons. The Morgan fingerprint density at radius 2 is 1.89 bits per heavy atom. The van der Waals surface area contributed by atoms with E-state index in [-0.39, 0.29) is 0 Å². The molecule has 18 heavy (non-hydrogen) atoms. The van der Waals surface area contributed by atoms with Gasteiger partial charge in [0.15, 0.2) is 0 Å². The number of rotatable bonds is 8. The highest BCUT2D eigenvalue weighted by Crippen LogP contribution is 2.17. The zero-order chi connectivity index (χ0) is 13.5. The first-order valence-electron chi connectivity index (χ1n) is 7.00. The van der Waals surface area contributed by atoms with Crippen molar-refractivity contribution in [3.05, 3.63) is 21.9 Å². The Morgan fingerprint density at radius 1 is 1.22 bits per heavy atom. The second kappa shape index (κ2) is 7.93. The maximum absolute atomic E-state index is 3.61. The molecule has 0 radical (unpaired) electrons. The fraction of sp³-hybridized carbons (Fsp3) is 0.733. The summed E-state index contributed by atoms with van der Waals surface area (Å²) in [7, 11) is 4.39. The standard InChI is InChI=1S/C15H28N2S/c1-6-13(7-2)15(17(4)5)11-16-10-14-9-8-12(3)18-14/h8-9,13,15-16H,6-7,10-11H2,1-5H3. The molecule has 0 bridgehead atoms. The quantitative estimate of drug-likeness (QED) is 0.776. The Bertz CT molecular complexity index is 329. The lowest BCUT2D eigenvalue weighted by atomic mass is 9.93. The van der Waals surface area contributed by atoms with Crippen molar-refractivity contribution in [3.63, 3.8) is 0 Å². The molecule has 0 aliphatic heterocycles. The van der Waals surface area contributed by atoms with Gasteiger partial charge in [-0.2, -0.15) is 0 Å². The van der Waals surface area contributed by atoms with Crippen LogP contribution in [0.4, 0.5) is 0 Å². The van der Waals surface area contributed by atoms with Crippen LogP contribution in [0.25, 0.3) is 0 Å². The van der Waals surface area contributed by atoms with Gasteiger partial charge >= 0.3 is 0 Å². The van der Waals surface area contributed by atoms with E-state index in [9.17, 15) is 0 Å². The van der Waals surface area contributed by atoms with Crippen LogP contribution in [0, 0.1) is 12.8 Å². The molecule has 0 amide bonds. The zero-order valence-electron chi connectivity index (χ0n) is 12.5. The van der Waals surface area contributed by atoms with E-state index in [2.05, 4.69) is 57.2 Å². The van der Waals surface area contributed by atoms with E-state index >= 15 is 0 Å². The first-order chi connectivity index (χ1) is 8.58. The number of nitrogens with one attached hydrogen (secondary N) is 1. The Morgan fingerprint density at radius 3 is 2.33 bits per heavy atom. The maximum atomic E-state index is 3.61. The minimum absolute atomic E-state index is 0.640. The van der Waals surface area contributed by atoms with Crippen molar-refractivity contribution in [3.8, 4) is 0 Å². The van der Waals surface area contributed by atoms with Crippen LogP contribution in [0.5, 0.6) is 0 Å². The minimum atomic E-state index is 0.640. The van der Waals surface area contributed by atoms with Crippen LogP contribution < -0.4 is 5.32 Å². The zero-order valence-corrected chi connectivity index (χ0v) is 13.3. The van der Waals surface area contributed by atoms with Gasteiger partial charge in [-0.05, 0) is 39.1 Å². The second-order valence-corrected chi connectivity index (χ2v) is 6.62. The fourth-order valence-corrected chi connectivity index (χ4v) is 3.39. The summed E-state index contributed by atoms with van der Waals surface area (Å²) in [4.78, 5) is 5.20. The Balaban J connectivity index is 2.42. The van der Waals surface area contributed by atoms with Gasteiger partial charge in [-0.3, -0.25) is 0 Å². The number of hydrogen-bond donors (Lipinski definition) is 1. The molecule has 1 heterocycles. The van der Waals surface area contributed by atoms with E-state index in [1.807, 2.05) is 11.3 Å². The molecular formula is C15H28N2S. The Kier molecular flexibility index (Phi) is 6.90. The summed E-state index contributed by atoms with van der Waals surface area (Å²) in [5.41, 5.74) is 0. The van der Waals surface area contributed by atoms with Crippen molar-refractivity contribution >= 4 is 11.3 Å². The third-order valence-corrected chi connectivity index (χ3v) is 4.71. The van der Waals surface area contributed by atoms with Gasteiger partial charge in [0.1, 0.15) is 0 Å². The number of nitrogens with zero attached hydrogens (tertiary/aromatic N) is 1. The molecule has 1 aromatic rings. The average Bonchev–Trinajstić information content (AvgIpc) is 2.74. The van der Waals surface area contributed by atoms with Crippen molar-refractivity contribution < 1.29 is 0 Å². The monoisotopic (exact) mass is 268 g/mol. The largest absolute Gasteiger partial charge is 0.310 e. The summed E-state index contributed by atoms with van der Waals surface area (Å²) in [5, 5.41) is 3.61. The van der Waals surface area contributed by atoms with Crippen LogP contribution in [-0.2, 0) is 6.54 Å². The van der Waals surface area contributed by atoms with E-state index in [1.54, 1.807) is 0 Å². The molecule has 0 saturated heterocycles. The lowest BCUT2D eigenvalue weighted by Crippen LogP contribution is -2.42. The SMILES string of the molecule is CCC(CC)C(CNCc1ccc(C)s1)N(C)C. The summed E-state index contributed by atoms with van der Waals surface area (Å²) in [6.07, 6.45) is 2.53. The smallest absolute Gasteiger partial charge is 0.0300 e. The number of thiophene rings is 1. The van der Waals surface area contributed by atoms with Crippen LogP contribution in [-0.4, -0.2) is 31.6 Å². The first kappa shape index (κ1) is 15.7. The van der Waals surface area contributed by atoms with Crippen LogP contribution in [0.15, 0.2) is 12.1 Å². The van der Waals surface area contributed by atoms with Gasteiger partial charge in [-0.1, -0.05) is 26.7 Å². The summed E-state index contributed by atoms with van der Waals surface area (Å²) in [6.45, 7) is 8.85. The van der Waals surface area contributed by atoms with Crippen molar-refractivity contribution in [2.45, 2.75) is 46.2 Å². The second-order valence-electron chi connectivity index (χ2n) is 5.25. The van der Waals surface area contributed by atoms with E-state index < -0.39 is 0 Å². The van der Waals surface area contributed by atoms with Gasteiger partial charge in [0.05, 0.1) is 0 Å². The lowest BCUT2D eigenvalue weighted by molar-refractivity contribution is 0.194. The molecule has 3 heteroatoms. The van der Waals surface area contributed by atoms with Crippen molar-refractivity contribution in [1.82, 2.24) is 10.2 Å².